The lowest BCUT2D eigenvalue weighted by molar-refractivity contribution is 0.569. The van der Waals surface area contributed by atoms with Gasteiger partial charge < -0.3 is 11.5 Å². The molecule has 0 atom stereocenters. The molecule has 12 heavy (non-hydrogen) atoms. The first-order valence-corrected chi connectivity index (χ1v) is 4.71. The molecule has 0 bridgehead atoms. The summed E-state index contributed by atoms with van der Waals surface area (Å²) >= 11 is 0. The van der Waals surface area contributed by atoms with Crippen molar-refractivity contribution in [3.63, 3.8) is 0 Å². The quantitative estimate of drug-likeness (QED) is 0.508. The van der Waals surface area contributed by atoms with Gasteiger partial charge in [0.2, 0.25) is 0 Å². The Morgan fingerprint density at radius 1 is 0.750 bits per heavy atom. The average Bonchev–Trinajstić information content (AvgIpc) is 2.81. The van der Waals surface area contributed by atoms with Crippen LogP contribution in [0.25, 0.3) is 0 Å². The molecule has 2 saturated heterocycles. The molecule has 0 amide bonds. The number of nitrogens with two attached hydrogens (primary N) is 2. The highest BCUT2D eigenvalue weighted by molar-refractivity contribution is 4.71. The monoisotopic (exact) mass is 172 g/mol. The number of rotatable bonds is 4. The maximum absolute atomic E-state index is 5.23. The van der Waals surface area contributed by atoms with Crippen molar-refractivity contribution in [2.45, 2.75) is 0 Å². The van der Waals surface area contributed by atoms with Crippen molar-refractivity contribution in [3.8, 4) is 0 Å². The molecular weight excluding hydrogens is 152 g/mol. The fourth-order valence-electron chi connectivity index (χ4n) is 0.954. The zero-order chi connectivity index (χ0) is 8.81. The Morgan fingerprint density at radius 3 is 1.17 bits per heavy atom. The molecule has 0 radical (unpaired) electrons. The summed E-state index contributed by atoms with van der Waals surface area (Å²) in [5, 5.41) is 0. The summed E-state index contributed by atoms with van der Waals surface area (Å²) in [6, 6.07) is 0. The van der Waals surface area contributed by atoms with Crippen LogP contribution in [0.2, 0.25) is 0 Å². The van der Waals surface area contributed by atoms with Gasteiger partial charge in [-0.25, -0.2) is 0 Å². The molecule has 0 aromatic rings. The minimum atomic E-state index is 0.819. The van der Waals surface area contributed by atoms with Crippen molar-refractivity contribution < 1.29 is 0 Å². The molecule has 2 aliphatic rings. The summed E-state index contributed by atoms with van der Waals surface area (Å²) in [6.45, 7) is 8.93. The van der Waals surface area contributed by atoms with Gasteiger partial charge in [0, 0.05) is 52.4 Å². The van der Waals surface area contributed by atoms with Crippen LogP contribution >= 0.6 is 0 Å². The van der Waals surface area contributed by atoms with E-state index in [1.807, 2.05) is 0 Å². The van der Waals surface area contributed by atoms with Crippen molar-refractivity contribution in [1.29, 1.82) is 0 Å². The van der Waals surface area contributed by atoms with Crippen LogP contribution < -0.4 is 11.5 Å². The SMILES string of the molecule is NCCN1CC1.NCCN1CC1. The molecule has 2 fully saturated rings. The summed E-state index contributed by atoms with van der Waals surface area (Å²) in [6.07, 6.45) is 0. The van der Waals surface area contributed by atoms with Gasteiger partial charge in [-0.15, -0.1) is 0 Å². The molecule has 0 saturated carbocycles. The lowest BCUT2D eigenvalue weighted by Gasteiger charge is -1.89. The van der Waals surface area contributed by atoms with E-state index in [-0.39, 0.29) is 0 Å². The summed E-state index contributed by atoms with van der Waals surface area (Å²) < 4.78 is 0. The second kappa shape index (κ2) is 5.48. The van der Waals surface area contributed by atoms with Gasteiger partial charge in [0.05, 0.1) is 0 Å². The zero-order valence-corrected chi connectivity index (χ0v) is 7.71. The van der Waals surface area contributed by atoms with E-state index in [1.54, 1.807) is 0 Å². The van der Waals surface area contributed by atoms with Gasteiger partial charge in [-0.3, -0.25) is 9.80 Å². The van der Waals surface area contributed by atoms with Crippen LogP contribution in [0.5, 0.6) is 0 Å². The van der Waals surface area contributed by atoms with E-state index in [2.05, 4.69) is 9.80 Å². The smallest absolute Gasteiger partial charge is 0.0110 e. The third-order valence-corrected chi connectivity index (χ3v) is 1.97. The topological polar surface area (TPSA) is 58.1 Å². The second-order valence-electron chi connectivity index (χ2n) is 3.26. The Bertz CT molecular complexity index is 95.6. The summed E-state index contributed by atoms with van der Waals surface area (Å²) in [7, 11) is 0. The molecule has 4 nitrogen and oxygen atoms in total. The van der Waals surface area contributed by atoms with Gasteiger partial charge >= 0.3 is 0 Å². The predicted octanol–water partition coefficient (Wildman–Crippen LogP) is -1.48. The fraction of sp³-hybridized carbons (Fsp3) is 1.00. The van der Waals surface area contributed by atoms with Gasteiger partial charge in [-0.2, -0.15) is 0 Å². The molecule has 72 valence electrons. The lowest BCUT2D eigenvalue weighted by atomic mass is 10.7. The van der Waals surface area contributed by atoms with Crippen molar-refractivity contribution in [1.82, 2.24) is 9.80 Å². The second-order valence-corrected chi connectivity index (χ2v) is 3.26. The minimum Gasteiger partial charge on any atom is -0.329 e. The molecule has 4 N–H and O–H groups in total. The van der Waals surface area contributed by atoms with Crippen LogP contribution in [0.4, 0.5) is 0 Å². The molecule has 0 spiro atoms. The van der Waals surface area contributed by atoms with Crippen LogP contribution in [-0.2, 0) is 0 Å². The number of hydrogen-bond acceptors (Lipinski definition) is 4. The molecule has 2 rings (SSSR count). The van der Waals surface area contributed by atoms with E-state index in [4.69, 9.17) is 11.5 Å². The highest BCUT2D eigenvalue weighted by atomic mass is 15.3. The minimum absolute atomic E-state index is 0.819. The lowest BCUT2D eigenvalue weighted by Crippen LogP contribution is -2.11. The van der Waals surface area contributed by atoms with Crippen molar-refractivity contribution in [2.75, 3.05) is 52.4 Å². The Hall–Kier alpha value is -0.160. The van der Waals surface area contributed by atoms with Crippen LogP contribution in [0.15, 0.2) is 0 Å². The standard InChI is InChI=1S/2C4H10N2/c2*5-1-2-6-3-4-6/h2*1-5H2. The maximum atomic E-state index is 5.23. The molecule has 0 aliphatic carbocycles. The first kappa shape index (κ1) is 9.92. The Morgan fingerprint density at radius 2 is 1.08 bits per heavy atom. The van der Waals surface area contributed by atoms with E-state index < -0.39 is 0 Å². The van der Waals surface area contributed by atoms with Crippen LogP contribution in [0.1, 0.15) is 0 Å². The summed E-state index contributed by atoms with van der Waals surface area (Å²) in [5.74, 6) is 0. The molecular formula is C8H20N4. The highest BCUT2D eigenvalue weighted by Gasteiger charge is 2.14. The van der Waals surface area contributed by atoms with Crippen LogP contribution in [-0.4, -0.2) is 62.2 Å². The molecule has 2 aliphatic heterocycles. The largest absolute Gasteiger partial charge is 0.329 e. The Labute approximate surface area is 74.5 Å². The van der Waals surface area contributed by atoms with Gasteiger partial charge in [-0.05, 0) is 0 Å². The first-order valence-electron chi connectivity index (χ1n) is 4.71. The van der Waals surface area contributed by atoms with E-state index in [1.165, 1.54) is 26.2 Å². The number of hydrogen-bond donors (Lipinski definition) is 2. The highest BCUT2D eigenvalue weighted by Crippen LogP contribution is 1.99. The van der Waals surface area contributed by atoms with E-state index in [0.29, 0.717) is 0 Å². The van der Waals surface area contributed by atoms with Gasteiger partial charge in [0.1, 0.15) is 0 Å². The van der Waals surface area contributed by atoms with Crippen LogP contribution in [0.3, 0.4) is 0 Å². The molecule has 0 unspecified atom stereocenters. The van der Waals surface area contributed by atoms with Gasteiger partial charge in [-0.1, -0.05) is 0 Å². The first-order chi connectivity index (χ1) is 5.86. The van der Waals surface area contributed by atoms with Crippen LogP contribution in [0, 0.1) is 0 Å². The summed E-state index contributed by atoms with van der Waals surface area (Å²) in [5.41, 5.74) is 10.5. The zero-order valence-electron chi connectivity index (χ0n) is 7.71. The Kier molecular flexibility index (Phi) is 4.53. The van der Waals surface area contributed by atoms with Crippen molar-refractivity contribution >= 4 is 0 Å². The summed E-state index contributed by atoms with van der Waals surface area (Å²) in [4.78, 5) is 4.61. The van der Waals surface area contributed by atoms with E-state index in [0.717, 1.165) is 26.2 Å². The maximum Gasteiger partial charge on any atom is 0.0110 e. The number of nitrogens with zero attached hydrogens (tertiary/aromatic N) is 2. The van der Waals surface area contributed by atoms with E-state index >= 15 is 0 Å². The third-order valence-electron chi connectivity index (χ3n) is 1.97. The third kappa shape index (κ3) is 5.49. The van der Waals surface area contributed by atoms with Gasteiger partial charge in [0.15, 0.2) is 0 Å². The molecule has 4 heteroatoms. The fourth-order valence-corrected chi connectivity index (χ4v) is 0.954. The van der Waals surface area contributed by atoms with Gasteiger partial charge in [0.25, 0.3) is 0 Å². The molecule has 0 aromatic carbocycles. The normalized spacial score (nSPS) is 21.5. The predicted molar refractivity (Wildman–Crippen MR) is 51.0 cm³/mol. The molecule has 0 aromatic heterocycles. The van der Waals surface area contributed by atoms with Crippen molar-refractivity contribution in [3.05, 3.63) is 0 Å². The van der Waals surface area contributed by atoms with Crippen molar-refractivity contribution in [2.24, 2.45) is 11.5 Å². The molecule has 2 heterocycles. The van der Waals surface area contributed by atoms with E-state index in [9.17, 15) is 0 Å². The average molecular weight is 172 g/mol. The Balaban J connectivity index is 0.000000120.